The van der Waals surface area contributed by atoms with Crippen LogP contribution in [0.2, 0.25) is 0 Å². The lowest BCUT2D eigenvalue weighted by molar-refractivity contribution is 0.102. The van der Waals surface area contributed by atoms with Crippen molar-refractivity contribution in [1.29, 1.82) is 5.26 Å². The van der Waals surface area contributed by atoms with Crippen LogP contribution in [0.3, 0.4) is 0 Å². The predicted molar refractivity (Wildman–Crippen MR) is 91.0 cm³/mol. The van der Waals surface area contributed by atoms with Gasteiger partial charge in [-0.25, -0.2) is 13.1 Å². The number of benzene rings is 2. The molecular weight excluding hydrogens is 326 g/mol. The van der Waals surface area contributed by atoms with Gasteiger partial charge in [-0.1, -0.05) is 6.07 Å². The highest BCUT2D eigenvalue weighted by Gasteiger charge is 2.15. The van der Waals surface area contributed by atoms with Gasteiger partial charge in [-0.05, 0) is 56.3 Å². The lowest BCUT2D eigenvalue weighted by Gasteiger charge is -2.10. The number of amides is 1. The summed E-state index contributed by atoms with van der Waals surface area (Å²) in [5.74, 6) is -0.372. The van der Waals surface area contributed by atoms with Gasteiger partial charge in [-0.2, -0.15) is 5.26 Å². The molecule has 6 nitrogen and oxygen atoms in total. The van der Waals surface area contributed by atoms with E-state index >= 15 is 0 Å². The highest BCUT2D eigenvalue weighted by Crippen LogP contribution is 2.15. The molecule has 2 aromatic rings. The number of carbonyl (C=O) groups is 1. The van der Waals surface area contributed by atoms with E-state index in [-0.39, 0.29) is 16.8 Å². The monoisotopic (exact) mass is 343 g/mol. The van der Waals surface area contributed by atoms with Crippen molar-refractivity contribution in [2.75, 3.05) is 5.32 Å². The van der Waals surface area contributed by atoms with E-state index in [1.165, 1.54) is 30.3 Å². The molecule has 24 heavy (non-hydrogen) atoms. The van der Waals surface area contributed by atoms with E-state index in [0.29, 0.717) is 16.8 Å². The molecule has 124 valence electrons. The Morgan fingerprint density at radius 1 is 1.12 bits per heavy atom. The van der Waals surface area contributed by atoms with Crippen molar-refractivity contribution in [3.8, 4) is 6.07 Å². The highest BCUT2D eigenvalue weighted by molar-refractivity contribution is 7.89. The van der Waals surface area contributed by atoms with Crippen LogP contribution in [-0.2, 0) is 10.0 Å². The minimum atomic E-state index is -3.56. The molecule has 0 aliphatic rings. The SMILES string of the molecule is CC(C)NS(=O)(=O)c1ccc(NC(=O)c2cccc(C#N)c2)cc1. The Morgan fingerprint density at radius 2 is 1.79 bits per heavy atom. The van der Waals surface area contributed by atoms with Gasteiger partial charge in [0, 0.05) is 17.3 Å². The molecule has 0 aliphatic carbocycles. The summed E-state index contributed by atoms with van der Waals surface area (Å²) in [6.45, 7) is 3.48. The molecule has 0 spiro atoms. The van der Waals surface area contributed by atoms with Crippen LogP contribution in [0, 0.1) is 11.3 Å². The van der Waals surface area contributed by atoms with Gasteiger partial charge in [0.05, 0.1) is 16.5 Å². The fourth-order valence-corrected chi connectivity index (χ4v) is 3.28. The second kappa shape index (κ2) is 7.25. The van der Waals surface area contributed by atoms with Gasteiger partial charge in [-0.15, -0.1) is 0 Å². The molecule has 2 rings (SSSR count). The van der Waals surface area contributed by atoms with Crippen molar-refractivity contribution in [3.05, 3.63) is 59.7 Å². The van der Waals surface area contributed by atoms with Crippen LogP contribution in [-0.4, -0.2) is 20.4 Å². The lowest BCUT2D eigenvalue weighted by Crippen LogP contribution is -2.30. The number of nitrogens with one attached hydrogen (secondary N) is 2. The number of nitrogens with zero attached hydrogens (tertiary/aromatic N) is 1. The third-order valence-electron chi connectivity index (χ3n) is 3.07. The van der Waals surface area contributed by atoms with E-state index in [0.717, 1.165) is 0 Å². The first-order valence-corrected chi connectivity index (χ1v) is 8.74. The average Bonchev–Trinajstić information content (AvgIpc) is 2.54. The number of sulfonamides is 1. The van der Waals surface area contributed by atoms with Gasteiger partial charge in [-0.3, -0.25) is 4.79 Å². The Hall–Kier alpha value is -2.69. The first-order chi connectivity index (χ1) is 11.3. The smallest absolute Gasteiger partial charge is 0.255 e. The van der Waals surface area contributed by atoms with Gasteiger partial charge in [0.1, 0.15) is 0 Å². The van der Waals surface area contributed by atoms with Crippen LogP contribution in [0.15, 0.2) is 53.4 Å². The summed E-state index contributed by atoms with van der Waals surface area (Å²) < 4.78 is 26.6. The van der Waals surface area contributed by atoms with Gasteiger partial charge in [0.25, 0.3) is 5.91 Å². The first-order valence-electron chi connectivity index (χ1n) is 7.26. The maximum atomic E-state index is 12.2. The molecule has 0 unspecified atom stereocenters. The molecule has 0 saturated carbocycles. The fraction of sp³-hybridized carbons (Fsp3) is 0.176. The third kappa shape index (κ3) is 4.41. The van der Waals surface area contributed by atoms with Crippen molar-refractivity contribution in [3.63, 3.8) is 0 Å². The van der Waals surface area contributed by atoms with Crippen LogP contribution in [0.1, 0.15) is 29.8 Å². The highest BCUT2D eigenvalue weighted by atomic mass is 32.2. The van der Waals surface area contributed by atoms with Crippen molar-refractivity contribution < 1.29 is 13.2 Å². The van der Waals surface area contributed by atoms with Crippen molar-refractivity contribution in [1.82, 2.24) is 4.72 Å². The average molecular weight is 343 g/mol. The molecule has 2 aromatic carbocycles. The Morgan fingerprint density at radius 3 is 2.38 bits per heavy atom. The van der Waals surface area contributed by atoms with Crippen LogP contribution >= 0.6 is 0 Å². The number of hydrogen-bond acceptors (Lipinski definition) is 4. The van der Waals surface area contributed by atoms with Crippen LogP contribution in [0.25, 0.3) is 0 Å². The first kappa shape index (κ1) is 17.7. The van der Waals surface area contributed by atoms with Crippen LogP contribution in [0.4, 0.5) is 5.69 Å². The largest absolute Gasteiger partial charge is 0.322 e. The number of hydrogen-bond donors (Lipinski definition) is 2. The maximum absolute atomic E-state index is 12.2. The number of rotatable bonds is 5. The summed E-state index contributed by atoms with van der Waals surface area (Å²) >= 11 is 0. The van der Waals surface area contributed by atoms with Crippen molar-refractivity contribution in [2.45, 2.75) is 24.8 Å². The Balaban J connectivity index is 2.14. The van der Waals surface area contributed by atoms with E-state index in [4.69, 9.17) is 5.26 Å². The molecule has 0 aromatic heterocycles. The molecule has 1 amide bonds. The molecule has 0 heterocycles. The minimum absolute atomic E-state index is 0.126. The second-order valence-corrected chi connectivity index (χ2v) is 7.16. The molecular formula is C17H17N3O3S. The molecule has 0 bridgehead atoms. The molecule has 7 heteroatoms. The second-order valence-electron chi connectivity index (χ2n) is 5.45. The molecule has 0 saturated heterocycles. The Kier molecular flexibility index (Phi) is 5.34. The zero-order chi connectivity index (χ0) is 17.7. The van der Waals surface area contributed by atoms with E-state index in [2.05, 4.69) is 10.0 Å². The van der Waals surface area contributed by atoms with Gasteiger partial charge in [0.15, 0.2) is 0 Å². The molecule has 0 fully saturated rings. The third-order valence-corrected chi connectivity index (χ3v) is 4.74. The van der Waals surface area contributed by atoms with Crippen LogP contribution < -0.4 is 10.0 Å². The summed E-state index contributed by atoms with van der Waals surface area (Å²) in [6, 6.07) is 14.0. The normalized spacial score (nSPS) is 11.1. The van der Waals surface area contributed by atoms with Gasteiger partial charge < -0.3 is 5.32 Å². The van der Waals surface area contributed by atoms with E-state index < -0.39 is 10.0 Å². The Labute approximate surface area is 141 Å². The zero-order valence-electron chi connectivity index (χ0n) is 13.3. The van der Waals surface area contributed by atoms with Crippen molar-refractivity contribution >= 4 is 21.6 Å². The molecule has 0 atom stereocenters. The number of carbonyl (C=O) groups excluding carboxylic acids is 1. The summed E-state index contributed by atoms with van der Waals surface area (Å²) in [6.07, 6.45) is 0. The predicted octanol–water partition coefficient (Wildman–Crippen LogP) is 2.50. The summed E-state index contributed by atoms with van der Waals surface area (Å²) in [4.78, 5) is 12.3. The summed E-state index contributed by atoms with van der Waals surface area (Å²) in [7, 11) is -3.56. The zero-order valence-corrected chi connectivity index (χ0v) is 14.1. The van der Waals surface area contributed by atoms with Gasteiger partial charge in [0.2, 0.25) is 10.0 Å². The lowest BCUT2D eigenvalue weighted by atomic mass is 10.1. The molecule has 0 aliphatic heterocycles. The maximum Gasteiger partial charge on any atom is 0.255 e. The van der Waals surface area contributed by atoms with Gasteiger partial charge >= 0.3 is 0 Å². The topological polar surface area (TPSA) is 99.1 Å². The fourth-order valence-electron chi connectivity index (χ4n) is 2.03. The van der Waals surface area contributed by atoms with Crippen LogP contribution in [0.5, 0.6) is 0 Å². The molecule has 0 radical (unpaired) electrons. The van der Waals surface area contributed by atoms with E-state index in [1.807, 2.05) is 6.07 Å². The molecule has 2 N–H and O–H groups in total. The number of anilines is 1. The van der Waals surface area contributed by atoms with E-state index in [9.17, 15) is 13.2 Å². The standard InChI is InChI=1S/C17H17N3O3S/c1-12(2)20-24(22,23)16-8-6-15(7-9-16)19-17(21)14-5-3-4-13(10-14)11-18/h3-10,12,20H,1-2H3,(H,19,21). The Bertz CT molecular complexity index is 882. The quantitative estimate of drug-likeness (QED) is 0.871. The van der Waals surface area contributed by atoms with Crippen molar-refractivity contribution in [2.24, 2.45) is 0 Å². The van der Waals surface area contributed by atoms with E-state index in [1.54, 1.807) is 32.0 Å². The summed E-state index contributed by atoms with van der Waals surface area (Å²) in [5.41, 5.74) is 1.21. The number of nitriles is 1. The minimum Gasteiger partial charge on any atom is -0.322 e. The summed E-state index contributed by atoms with van der Waals surface area (Å²) in [5, 5.41) is 11.5.